The standard InChI is InChI=1S/C12H9.C4H9.CH3.Sb/c1-3-7-11(8-4-1)12-9-5-2-6-10-12;1-4(2)3;;/h1,3-10H;1-3H3;1H3;. The summed E-state index contributed by atoms with van der Waals surface area (Å²) >= 11 is -1.32. The topological polar surface area (TPSA) is 0 Å². The molecule has 0 atom stereocenters. The van der Waals surface area contributed by atoms with Crippen LogP contribution >= 0.6 is 0 Å². The minimum absolute atomic E-state index is 0.497. The van der Waals surface area contributed by atoms with Crippen molar-refractivity contribution in [3.63, 3.8) is 0 Å². The first kappa shape index (κ1) is 13.7. The van der Waals surface area contributed by atoms with Crippen molar-refractivity contribution in [1.82, 2.24) is 0 Å². The van der Waals surface area contributed by atoms with E-state index >= 15 is 0 Å². The maximum absolute atomic E-state index is 2.49. The van der Waals surface area contributed by atoms with Crippen LogP contribution in [-0.2, 0) is 0 Å². The van der Waals surface area contributed by atoms with Gasteiger partial charge in [-0.2, -0.15) is 0 Å². The molecule has 2 aromatic rings. The zero-order valence-corrected chi connectivity index (χ0v) is 14.2. The number of rotatable bonds is 2. The SMILES string of the molecule is [CH3][Sb]([c]1ccc(-c2ccccc2)cc1)[C](C)(C)C. The Morgan fingerprint density at radius 2 is 1.22 bits per heavy atom. The molecule has 2 aromatic carbocycles. The van der Waals surface area contributed by atoms with Gasteiger partial charge in [-0.1, -0.05) is 0 Å². The van der Waals surface area contributed by atoms with E-state index in [2.05, 4.69) is 80.2 Å². The zero-order chi connectivity index (χ0) is 13.2. The van der Waals surface area contributed by atoms with E-state index in [1.165, 1.54) is 11.1 Å². The van der Waals surface area contributed by atoms with Crippen LogP contribution in [0.1, 0.15) is 20.8 Å². The molecule has 0 aromatic heterocycles. The van der Waals surface area contributed by atoms with Crippen molar-refractivity contribution in [1.29, 1.82) is 0 Å². The summed E-state index contributed by atoms with van der Waals surface area (Å²) in [5.41, 5.74) is 2.63. The normalized spacial score (nSPS) is 11.8. The monoisotopic (exact) mass is 346 g/mol. The van der Waals surface area contributed by atoms with Crippen molar-refractivity contribution in [3.8, 4) is 11.1 Å². The van der Waals surface area contributed by atoms with Gasteiger partial charge in [-0.15, -0.1) is 0 Å². The molecule has 0 aliphatic rings. The zero-order valence-electron chi connectivity index (χ0n) is 11.6. The van der Waals surface area contributed by atoms with E-state index in [-0.39, 0.29) is 0 Å². The van der Waals surface area contributed by atoms with E-state index in [0.717, 1.165) is 0 Å². The summed E-state index contributed by atoms with van der Waals surface area (Å²) in [4.78, 5) is 2.49. The molecule has 0 aliphatic heterocycles. The minimum atomic E-state index is -1.32. The van der Waals surface area contributed by atoms with Crippen LogP contribution < -0.4 is 3.51 Å². The Morgan fingerprint density at radius 3 is 1.72 bits per heavy atom. The van der Waals surface area contributed by atoms with Crippen molar-refractivity contribution in [2.45, 2.75) is 29.0 Å². The van der Waals surface area contributed by atoms with Crippen LogP contribution in [0.4, 0.5) is 0 Å². The number of hydrogen-bond donors (Lipinski definition) is 0. The van der Waals surface area contributed by atoms with Crippen LogP contribution in [0, 0.1) is 0 Å². The van der Waals surface area contributed by atoms with Gasteiger partial charge in [0.15, 0.2) is 0 Å². The predicted octanol–water partition coefficient (Wildman–Crippen LogP) is 4.49. The van der Waals surface area contributed by atoms with E-state index < -0.39 is 20.2 Å². The molecule has 0 saturated heterocycles. The molecule has 2 rings (SSSR count). The first-order valence-electron chi connectivity index (χ1n) is 6.38. The van der Waals surface area contributed by atoms with Crippen LogP contribution in [0.5, 0.6) is 0 Å². The molecule has 0 aliphatic carbocycles. The first-order valence-corrected chi connectivity index (χ1v) is 11.5. The van der Waals surface area contributed by atoms with Gasteiger partial charge in [0, 0.05) is 0 Å². The van der Waals surface area contributed by atoms with Crippen LogP contribution in [0.2, 0.25) is 8.23 Å². The fourth-order valence-corrected chi connectivity index (χ4v) is 5.81. The molecule has 0 amide bonds. The van der Waals surface area contributed by atoms with E-state index in [1.807, 2.05) is 0 Å². The van der Waals surface area contributed by atoms with Crippen LogP contribution in [-0.4, -0.2) is 20.2 Å². The van der Waals surface area contributed by atoms with Gasteiger partial charge in [0.25, 0.3) is 0 Å². The van der Waals surface area contributed by atoms with E-state index in [0.29, 0.717) is 3.36 Å². The summed E-state index contributed by atoms with van der Waals surface area (Å²) in [6.07, 6.45) is 0. The summed E-state index contributed by atoms with van der Waals surface area (Å²) in [6, 6.07) is 19.8. The van der Waals surface area contributed by atoms with Gasteiger partial charge in [-0.25, -0.2) is 0 Å². The average molecular weight is 347 g/mol. The summed E-state index contributed by atoms with van der Waals surface area (Å²) in [6.45, 7) is 7.13. The van der Waals surface area contributed by atoms with E-state index in [1.54, 1.807) is 3.51 Å². The van der Waals surface area contributed by atoms with Crippen molar-refractivity contribution in [2.75, 3.05) is 0 Å². The third-order valence-corrected chi connectivity index (χ3v) is 12.2. The average Bonchev–Trinajstić information content (AvgIpc) is 2.38. The van der Waals surface area contributed by atoms with Crippen molar-refractivity contribution in [3.05, 3.63) is 54.6 Å². The Kier molecular flexibility index (Phi) is 4.17. The van der Waals surface area contributed by atoms with Crippen molar-refractivity contribution < 1.29 is 0 Å². The molecular weight excluding hydrogens is 326 g/mol. The molecule has 0 nitrogen and oxygen atoms in total. The van der Waals surface area contributed by atoms with Crippen LogP contribution in [0.25, 0.3) is 11.1 Å². The summed E-state index contributed by atoms with van der Waals surface area (Å²) in [7, 11) is 0. The molecule has 0 bridgehead atoms. The van der Waals surface area contributed by atoms with Gasteiger partial charge in [-0.3, -0.25) is 0 Å². The van der Waals surface area contributed by atoms with Crippen LogP contribution in [0.3, 0.4) is 0 Å². The molecule has 0 radical (unpaired) electrons. The predicted molar refractivity (Wildman–Crippen MR) is 82.8 cm³/mol. The molecule has 0 heterocycles. The fraction of sp³-hybridized carbons (Fsp3) is 0.294. The molecule has 0 spiro atoms. The van der Waals surface area contributed by atoms with Gasteiger partial charge in [0.1, 0.15) is 0 Å². The third kappa shape index (κ3) is 3.17. The van der Waals surface area contributed by atoms with E-state index in [4.69, 9.17) is 0 Å². The summed E-state index contributed by atoms with van der Waals surface area (Å²) in [5.74, 6) is 0. The molecule has 1 heteroatoms. The van der Waals surface area contributed by atoms with E-state index in [9.17, 15) is 0 Å². The Hall–Kier alpha value is -0.742. The fourth-order valence-electron chi connectivity index (χ4n) is 1.90. The maximum atomic E-state index is 2.49. The van der Waals surface area contributed by atoms with Gasteiger partial charge in [-0.05, 0) is 0 Å². The Bertz CT molecular complexity index is 491. The summed E-state index contributed by atoms with van der Waals surface area (Å²) in [5, 5.41) is 0. The quantitative estimate of drug-likeness (QED) is 0.703. The molecule has 0 fully saturated rings. The molecule has 0 unspecified atom stereocenters. The van der Waals surface area contributed by atoms with Crippen molar-refractivity contribution in [2.24, 2.45) is 0 Å². The molecule has 0 saturated carbocycles. The van der Waals surface area contributed by atoms with Crippen molar-refractivity contribution >= 4 is 23.7 Å². The second kappa shape index (κ2) is 5.49. The Balaban J connectivity index is 2.26. The Labute approximate surface area is 118 Å². The first-order chi connectivity index (χ1) is 8.48. The number of hydrogen-bond acceptors (Lipinski definition) is 0. The molecule has 0 N–H and O–H groups in total. The van der Waals surface area contributed by atoms with Gasteiger partial charge in [0.2, 0.25) is 0 Å². The van der Waals surface area contributed by atoms with Gasteiger partial charge >= 0.3 is 118 Å². The molecule has 94 valence electrons. The Morgan fingerprint density at radius 1 is 0.722 bits per heavy atom. The third-order valence-electron chi connectivity index (χ3n) is 3.37. The second-order valence-electron chi connectivity index (χ2n) is 5.64. The molecule has 18 heavy (non-hydrogen) atoms. The molecular formula is C17H21Sb. The second-order valence-corrected chi connectivity index (χ2v) is 14.1. The van der Waals surface area contributed by atoms with Gasteiger partial charge < -0.3 is 0 Å². The van der Waals surface area contributed by atoms with Gasteiger partial charge in [0.05, 0.1) is 0 Å². The summed E-state index contributed by atoms with van der Waals surface area (Å²) < 4.78 is 2.10. The van der Waals surface area contributed by atoms with Crippen LogP contribution in [0.15, 0.2) is 54.6 Å². The number of benzene rings is 2.